The minimum absolute atomic E-state index is 0.0532. The zero-order chi connectivity index (χ0) is 14.7. The second-order valence-corrected chi connectivity index (χ2v) is 4.17. The molecule has 6 nitrogen and oxygen atoms in total. The van der Waals surface area contributed by atoms with Gasteiger partial charge in [-0.2, -0.15) is 0 Å². The molecular weight excluding hydrogens is 260 g/mol. The van der Waals surface area contributed by atoms with Crippen LogP contribution >= 0.6 is 0 Å². The summed E-state index contributed by atoms with van der Waals surface area (Å²) in [5.74, 6) is -0.633. The molecule has 0 fully saturated rings. The Bertz CT molecular complexity index is 695. The monoisotopic (exact) mass is 274 g/mol. The molecule has 0 amide bonds. The minimum Gasteiger partial charge on any atom is -0.461 e. The Kier molecular flexibility index (Phi) is 3.84. The number of nitrogens with zero attached hydrogens (tertiary/aromatic N) is 1. The molecule has 0 aliphatic heterocycles. The quantitative estimate of drug-likeness (QED) is 0.677. The number of nitrogens with one attached hydrogen (secondary N) is 1. The first-order valence-electron chi connectivity index (χ1n) is 6.13. The molecule has 0 spiro atoms. The lowest BCUT2D eigenvalue weighted by atomic mass is 10.1. The first-order chi connectivity index (χ1) is 9.52. The number of ether oxygens (including phenoxy) is 1. The number of carbonyl (C=O) groups is 2. The van der Waals surface area contributed by atoms with Gasteiger partial charge in [0.1, 0.15) is 5.69 Å². The highest BCUT2D eigenvalue weighted by molar-refractivity contribution is 5.94. The number of aromatic nitrogens is 2. The van der Waals surface area contributed by atoms with Gasteiger partial charge in [-0.1, -0.05) is 0 Å². The van der Waals surface area contributed by atoms with Crippen molar-refractivity contribution in [1.82, 2.24) is 9.78 Å². The van der Waals surface area contributed by atoms with Crippen LogP contribution in [0.3, 0.4) is 0 Å². The molecule has 0 unspecified atom stereocenters. The molecule has 1 N–H and O–H groups in total. The van der Waals surface area contributed by atoms with Gasteiger partial charge < -0.3 is 4.74 Å². The molecule has 1 heterocycles. The molecule has 2 aromatic rings. The van der Waals surface area contributed by atoms with E-state index in [-0.39, 0.29) is 23.6 Å². The van der Waals surface area contributed by atoms with Crippen LogP contribution < -0.4 is 5.56 Å². The van der Waals surface area contributed by atoms with Crippen LogP contribution in [-0.4, -0.2) is 28.1 Å². The SMILES string of the molecule is CCOC(=O)c1cc(=O)n(-c2ccc(C(C)=O)cc2)[nH]1. The molecule has 0 bridgehead atoms. The van der Waals surface area contributed by atoms with Crippen molar-refractivity contribution >= 4 is 11.8 Å². The number of ketones is 1. The van der Waals surface area contributed by atoms with Gasteiger partial charge in [-0.15, -0.1) is 0 Å². The van der Waals surface area contributed by atoms with Gasteiger partial charge in [0.2, 0.25) is 0 Å². The van der Waals surface area contributed by atoms with E-state index in [1.807, 2.05) is 0 Å². The Morgan fingerprint density at radius 1 is 1.25 bits per heavy atom. The molecule has 0 radical (unpaired) electrons. The van der Waals surface area contributed by atoms with Crippen molar-refractivity contribution in [3.8, 4) is 5.69 Å². The van der Waals surface area contributed by atoms with E-state index in [9.17, 15) is 14.4 Å². The van der Waals surface area contributed by atoms with E-state index in [0.29, 0.717) is 11.3 Å². The van der Waals surface area contributed by atoms with E-state index in [1.165, 1.54) is 17.7 Å². The second-order valence-electron chi connectivity index (χ2n) is 4.17. The molecular formula is C14H14N2O4. The third-order valence-electron chi connectivity index (χ3n) is 2.75. The number of Topliss-reactive ketones (excluding diaryl/α,β-unsaturated/α-hetero) is 1. The Morgan fingerprint density at radius 3 is 2.45 bits per heavy atom. The third kappa shape index (κ3) is 2.69. The summed E-state index contributed by atoms with van der Waals surface area (Å²) in [4.78, 5) is 34.5. The smallest absolute Gasteiger partial charge is 0.356 e. The Labute approximate surface area is 115 Å². The van der Waals surface area contributed by atoms with E-state index in [2.05, 4.69) is 5.10 Å². The zero-order valence-electron chi connectivity index (χ0n) is 11.2. The zero-order valence-corrected chi connectivity index (χ0v) is 11.2. The summed E-state index contributed by atoms with van der Waals surface area (Å²) in [6, 6.07) is 7.67. The van der Waals surface area contributed by atoms with Gasteiger partial charge in [0.15, 0.2) is 5.78 Å². The van der Waals surface area contributed by atoms with Gasteiger partial charge in [0.05, 0.1) is 12.3 Å². The van der Waals surface area contributed by atoms with Crippen molar-refractivity contribution in [2.75, 3.05) is 6.61 Å². The van der Waals surface area contributed by atoms with Crippen molar-refractivity contribution in [1.29, 1.82) is 0 Å². The fourth-order valence-electron chi connectivity index (χ4n) is 1.75. The largest absolute Gasteiger partial charge is 0.461 e. The fourth-order valence-corrected chi connectivity index (χ4v) is 1.75. The van der Waals surface area contributed by atoms with Gasteiger partial charge in [-0.05, 0) is 38.1 Å². The molecule has 0 atom stereocenters. The lowest BCUT2D eigenvalue weighted by Crippen LogP contribution is -2.13. The van der Waals surface area contributed by atoms with E-state index < -0.39 is 5.97 Å². The van der Waals surface area contributed by atoms with Crippen LogP contribution in [0.25, 0.3) is 5.69 Å². The molecule has 20 heavy (non-hydrogen) atoms. The summed E-state index contributed by atoms with van der Waals surface area (Å²) in [5, 5.41) is 2.68. The maximum atomic E-state index is 11.8. The Balaban J connectivity index is 2.36. The molecule has 1 aromatic heterocycles. The summed E-state index contributed by atoms with van der Waals surface area (Å²) in [5.41, 5.74) is 0.811. The molecule has 104 valence electrons. The van der Waals surface area contributed by atoms with Crippen LogP contribution in [0.1, 0.15) is 34.7 Å². The highest BCUT2D eigenvalue weighted by Gasteiger charge is 2.13. The Hall–Kier alpha value is -2.63. The predicted octanol–water partition coefficient (Wildman–Crippen LogP) is 1.54. The first kappa shape index (κ1) is 13.8. The number of rotatable bonds is 4. The summed E-state index contributed by atoms with van der Waals surface area (Å²) >= 11 is 0. The van der Waals surface area contributed by atoms with Crippen LogP contribution in [0.5, 0.6) is 0 Å². The van der Waals surface area contributed by atoms with Crippen LogP contribution in [0.15, 0.2) is 35.1 Å². The van der Waals surface area contributed by atoms with Crippen LogP contribution in [0.4, 0.5) is 0 Å². The van der Waals surface area contributed by atoms with E-state index in [4.69, 9.17) is 4.74 Å². The number of aromatic amines is 1. The van der Waals surface area contributed by atoms with Crippen molar-refractivity contribution < 1.29 is 14.3 Å². The Morgan fingerprint density at radius 2 is 1.90 bits per heavy atom. The van der Waals surface area contributed by atoms with E-state index in [1.54, 1.807) is 31.2 Å². The standard InChI is InChI=1S/C14H14N2O4/c1-3-20-14(19)12-8-13(18)16(15-12)11-6-4-10(5-7-11)9(2)17/h4-8,15H,3H2,1-2H3. The summed E-state index contributed by atoms with van der Waals surface area (Å²) in [6.45, 7) is 3.39. The number of benzene rings is 1. The predicted molar refractivity (Wildman–Crippen MR) is 72.4 cm³/mol. The van der Waals surface area contributed by atoms with Crippen molar-refractivity contribution in [2.24, 2.45) is 0 Å². The number of carbonyl (C=O) groups excluding carboxylic acids is 2. The lowest BCUT2D eigenvalue weighted by molar-refractivity contribution is 0.0519. The topological polar surface area (TPSA) is 81.2 Å². The number of hydrogen-bond acceptors (Lipinski definition) is 4. The third-order valence-corrected chi connectivity index (χ3v) is 2.75. The molecule has 2 rings (SSSR count). The van der Waals surface area contributed by atoms with Crippen molar-refractivity contribution in [3.05, 3.63) is 51.9 Å². The van der Waals surface area contributed by atoms with Gasteiger partial charge in [-0.3, -0.25) is 14.7 Å². The summed E-state index contributed by atoms with van der Waals surface area (Å²) in [7, 11) is 0. The molecule has 1 aromatic carbocycles. The van der Waals surface area contributed by atoms with Crippen LogP contribution in [-0.2, 0) is 4.74 Å². The van der Waals surface area contributed by atoms with Crippen molar-refractivity contribution in [2.45, 2.75) is 13.8 Å². The molecule has 0 aliphatic carbocycles. The van der Waals surface area contributed by atoms with Gasteiger partial charge in [0.25, 0.3) is 5.56 Å². The number of H-pyrrole nitrogens is 1. The fraction of sp³-hybridized carbons (Fsp3) is 0.214. The molecule has 6 heteroatoms. The minimum atomic E-state index is -0.580. The molecule has 0 aliphatic rings. The molecule has 0 saturated carbocycles. The van der Waals surface area contributed by atoms with Gasteiger partial charge >= 0.3 is 5.97 Å². The number of hydrogen-bond donors (Lipinski definition) is 1. The number of esters is 1. The van der Waals surface area contributed by atoms with Crippen LogP contribution in [0.2, 0.25) is 0 Å². The maximum Gasteiger partial charge on any atom is 0.356 e. The normalized spacial score (nSPS) is 10.3. The van der Waals surface area contributed by atoms with Crippen LogP contribution in [0, 0.1) is 0 Å². The second kappa shape index (κ2) is 5.56. The van der Waals surface area contributed by atoms with Gasteiger partial charge in [-0.25, -0.2) is 9.48 Å². The van der Waals surface area contributed by atoms with Crippen molar-refractivity contribution in [3.63, 3.8) is 0 Å². The average molecular weight is 274 g/mol. The van der Waals surface area contributed by atoms with E-state index >= 15 is 0 Å². The van der Waals surface area contributed by atoms with Gasteiger partial charge in [0, 0.05) is 11.6 Å². The summed E-state index contributed by atoms with van der Waals surface area (Å²) in [6.07, 6.45) is 0. The first-order valence-corrected chi connectivity index (χ1v) is 6.13. The average Bonchev–Trinajstić information content (AvgIpc) is 2.81. The van der Waals surface area contributed by atoms with E-state index in [0.717, 1.165) is 0 Å². The highest BCUT2D eigenvalue weighted by Crippen LogP contribution is 2.08. The molecule has 0 saturated heterocycles. The maximum absolute atomic E-state index is 11.8. The summed E-state index contributed by atoms with van der Waals surface area (Å²) < 4.78 is 6.03. The lowest BCUT2D eigenvalue weighted by Gasteiger charge is -2.03. The highest BCUT2D eigenvalue weighted by atomic mass is 16.5.